The van der Waals surface area contributed by atoms with Crippen molar-refractivity contribution in [1.29, 1.82) is 0 Å². The van der Waals surface area contributed by atoms with Crippen molar-refractivity contribution in [3.63, 3.8) is 0 Å². The van der Waals surface area contributed by atoms with Crippen LogP contribution in [0.25, 0.3) is 0 Å². The maximum absolute atomic E-state index is 13.2. The largest absolute Gasteiger partial charge is 0.457 e. The van der Waals surface area contributed by atoms with Gasteiger partial charge in [-0.2, -0.15) is 0 Å². The Hall–Kier alpha value is -4.48. The van der Waals surface area contributed by atoms with Gasteiger partial charge in [0, 0.05) is 34.5 Å². The lowest BCUT2D eigenvalue weighted by molar-refractivity contribution is -0.736. The SMILES string of the molecule is CO[N+](=O)c1ccc([C@@](O)(C#Cc2ccccc2)C(=O)Nc2ccc3c(c2)COC3=O)cc1. The van der Waals surface area contributed by atoms with E-state index in [1.165, 1.54) is 31.4 Å². The third-order valence-corrected chi connectivity index (χ3v) is 5.09. The van der Waals surface area contributed by atoms with Crippen molar-refractivity contribution in [2.75, 3.05) is 12.4 Å². The van der Waals surface area contributed by atoms with Gasteiger partial charge >= 0.3 is 11.7 Å². The van der Waals surface area contributed by atoms with E-state index in [9.17, 15) is 19.6 Å². The Bertz CT molecular complexity index is 1290. The normalized spacial score (nSPS) is 13.6. The first-order valence-corrected chi connectivity index (χ1v) is 9.95. The number of rotatable bonds is 5. The second kappa shape index (κ2) is 8.94. The summed E-state index contributed by atoms with van der Waals surface area (Å²) in [4.78, 5) is 41.5. The Balaban J connectivity index is 1.69. The van der Waals surface area contributed by atoms with Crippen molar-refractivity contribution in [3.05, 3.63) is 100.0 Å². The highest BCUT2D eigenvalue weighted by Gasteiger charge is 2.37. The summed E-state index contributed by atoms with van der Waals surface area (Å²) in [6, 6.07) is 19.3. The van der Waals surface area contributed by atoms with E-state index in [2.05, 4.69) is 22.0 Å². The molecule has 164 valence electrons. The lowest BCUT2D eigenvalue weighted by Crippen LogP contribution is -2.39. The van der Waals surface area contributed by atoms with Crippen molar-refractivity contribution in [2.24, 2.45) is 0 Å². The second-order valence-corrected chi connectivity index (χ2v) is 7.22. The van der Waals surface area contributed by atoms with Gasteiger partial charge < -0.3 is 15.2 Å². The highest BCUT2D eigenvalue weighted by Crippen LogP contribution is 2.28. The fourth-order valence-electron chi connectivity index (χ4n) is 3.31. The van der Waals surface area contributed by atoms with Crippen molar-refractivity contribution >= 4 is 23.3 Å². The molecule has 3 aromatic carbocycles. The number of esters is 1. The molecule has 0 aromatic heterocycles. The number of aliphatic hydroxyl groups is 1. The number of hydrogen-bond donors (Lipinski definition) is 2. The minimum absolute atomic E-state index is 0.114. The Morgan fingerprint density at radius 2 is 1.85 bits per heavy atom. The summed E-state index contributed by atoms with van der Waals surface area (Å²) in [5.74, 6) is 4.27. The van der Waals surface area contributed by atoms with E-state index in [-0.39, 0.29) is 17.9 Å². The summed E-state index contributed by atoms with van der Waals surface area (Å²) < 4.78 is 4.98. The summed E-state index contributed by atoms with van der Waals surface area (Å²) in [6.45, 7) is 0.114. The van der Waals surface area contributed by atoms with Gasteiger partial charge in [0.05, 0.1) is 10.5 Å². The zero-order valence-electron chi connectivity index (χ0n) is 17.6. The minimum atomic E-state index is -2.24. The number of fused-ring (bicyclic) bond motifs is 1. The van der Waals surface area contributed by atoms with Crippen LogP contribution >= 0.6 is 0 Å². The van der Waals surface area contributed by atoms with Crippen LogP contribution in [0.3, 0.4) is 0 Å². The zero-order chi connectivity index (χ0) is 23.4. The zero-order valence-corrected chi connectivity index (χ0v) is 17.6. The van der Waals surface area contributed by atoms with Gasteiger partial charge in [0.1, 0.15) is 6.61 Å². The summed E-state index contributed by atoms with van der Waals surface area (Å²) in [5, 5.41) is 14.1. The van der Waals surface area contributed by atoms with Gasteiger partial charge in [0.25, 0.3) is 10.8 Å². The van der Waals surface area contributed by atoms with E-state index in [0.717, 1.165) is 0 Å². The van der Waals surface area contributed by atoms with Crippen molar-refractivity contribution in [1.82, 2.24) is 0 Å². The molecule has 1 aliphatic rings. The van der Waals surface area contributed by atoms with E-state index >= 15 is 0 Å². The van der Waals surface area contributed by atoms with E-state index in [1.54, 1.807) is 42.5 Å². The molecular formula is C25H19N2O6+. The molecule has 1 atom stereocenters. The summed E-state index contributed by atoms with van der Waals surface area (Å²) in [7, 11) is 1.23. The number of amides is 1. The third kappa shape index (κ3) is 4.44. The molecular weight excluding hydrogens is 424 g/mol. The minimum Gasteiger partial charge on any atom is -0.457 e. The first-order valence-electron chi connectivity index (χ1n) is 9.95. The van der Waals surface area contributed by atoms with Crippen molar-refractivity contribution in [3.8, 4) is 11.8 Å². The van der Waals surface area contributed by atoms with E-state index in [1.807, 2.05) is 6.07 Å². The van der Waals surface area contributed by atoms with Crippen molar-refractivity contribution in [2.45, 2.75) is 12.2 Å². The molecule has 0 unspecified atom stereocenters. The van der Waals surface area contributed by atoms with Crippen LogP contribution in [0.4, 0.5) is 11.4 Å². The van der Waals surface area contributed by atoms with Gasteiger partial charge in [0.15, 0.2) is 7.11 Å². The lowest BCUT2D eigenvalue weighted by atomic mass is 9.92. The number of nitrogens with one attached hydrogen (secondary N) is 1. The maximum atomic E-state index is 13.2. The molecule has 0 saturated heterocycles. The van der Waals surface area contributed by atoms with Gasteiger partial charge in [-0.05, 0) is 48.4 Å². The molecule has 8 nitrogen and oxygen atoms in total. The maximum Gasteiger partial charge on any atom is 0.338 e. The Morgan fingerprint density at radius 3 is 2.55 bits per heavy atom. The quantitative estimate of drug-likeness (QED) is 0.357. The highest BCUT2D eigenvalue weighted by atomic mass is 16.8. The number of cyclic esters (lactones) is 1. The summed E-state index contributed by atoms with van der Waals surface area (Å²) in [5.41, 5.74) is 0.164. The Morgan fingerprint density at radius 1 is 1.12 bits per heavy atom. The van der Waals surface area contributed by atoms with Crippen LogP contribution in [0, 0.1) is 16.7 Å². The molecule has 0 spiro atoms. The summed E-state index contributed by atoms with van der Waals surface area (Å²) in [6.07, 6.45) is 0. The van der Waals surface area contributed by atoms with Crippen LogP contribution in [0.2, 0.25) is 0 Å². The molecule has 1 amide bonds. The predicted octanol–water partition coefficient (Wildman–Crippen LogP) is 3.21. The number of benzene rings is 3. The van der Waals surface area contributed by atoms with Crippen LogP contribution in [0.5, 0.6) is 0 Å². The Labute approximate surface area is 189 Å². The standard InChI is InChI=1S/C25H18N2O6/c1-32-27(31)21-10-7-19(8-11-21)25(30,14-13-17-5-3-2-4-6-17)24(29)26-20-9-12-22-18(15-20)16-33-23(22)28/h2-12,15,30H,16H2,1H3/p+1/t25-/m0/s1. The molecule has 0 fully saturated rings. The topological polar surface area (TPSA) is 105 Å². The van der Waals surface area contributed by atoms with Crippen LogP contribution in [-0.2, 0) is 26.6 Å². The van der Waals surface area contributed by atoms with Crippen LogP contribution in [0.1, 0.15) is 27.0 Å². The van der Waals surface area contributed by atoms with E-state index in [0.29, 0.717) is 27.3 Å². The van der Waals surface area contributed by atoms with Crippen molar-refractivity contribution < 1.29 is 29.2 Å². The van der Waals surface area contributed by atoms with E-state index < -0.39 is 17.5 Å². The second-order valence-electron chi connectivity index (χ2n) is 7.22. The lowest BCUT2D eigenvalue weighted by Gasteiger charge is -2.22. The highest BCUT2D eigenvalue weighted by molar-refractivity contribution is 6.01. The average Bonchev–Trinajstić information content (AvgIpc) is 3.22. The molecule has 33 heavy (non-hydrogen) atoms. The van der Waals surface area contributed by atoms with Gasteiger partial charge in [-0.1, -0.05) is 24.1 Å². The number of hydrogen-bond acceptors (Lipinski definition) is 6. The monoisotopic (exact) mass is 443 g/mol. The molecule has 3 aromatic rings. The molecule has 0 saturated carbocycles. The molecule has 0 aliphatic carbocycles. The molecule has 8 heteroatoms. The number of anilines is 1. The Kier molecular flexibility index (Phi) is 5.89. The predicted molar refractivity (Wildman–Crippen MR) is 118 cm³/mol. The average molecular weight is 443 g/mol. The number of nitrogens with zero attached hydrogens (tertiary/aromatic N) is 1. The van der Waals surface area contributed by atoms with Crippen LogP contribution < -0.4 is 5.32 Å². The first kappa shape index (κ1) is 21.7. The molecule has 0 radical (unpaired) electrons. The first-order chi connectivity index (χ1) is 15.9. The van der Waals surface area contributed by atoms with Gasteiger partial charge in [-0.15, -0.1) is 0 Å². The van der Waals surface area contributed by atoms with Gasteiger partial charge in [-0.3, -0.25) is 4.79 Å². The van der Waals surface area contributed by atoms with Gasteiger partial charge in [-0.25, -0.2) is 9.63 Å². The van der Waals surface area contributed by atoms with Crippen LogP contribution in [0.15, 0.2) is 72.8 Å². The molecule has 1 aliphatic heterocycles. The smallest absolute Gasteiger partial charge is 0.338 e. The van der Waals surface area contributed by atoms with Crippen LogP contribution in [-0.4, -0.2) is 29.0 Å². The molecule has 4 rings (SSSR count). The van der Waals surface area contributed by atoms with E-state index in [4.69, 9.17) is 4.74 Å². The molecule has 0 bridgehead atoms. The van der Waals surface area contributed by atoms with Gasteiger partial charge in [0.2, 0.25) is 5.60 Å². The molecule has 2 N–H and O–H groups in total. The third-order valence-electron chi connectivity index (χ3n) is 5.09. The summed E-state index contributed by atoms with van der Waals surface area (Å²) >= 11 is 0. The fourth-order valence-corrected chi connectivity index (χ4v) is 3.31. The number of ether oxygens (including phenoxy) is 1. The fraction of sp³-hybridized carbons (Fsp3) is 0.120. The number of carbonyl (C=O) groups is 2. The number of carbonyl (C=O) groups excluding carboxylic acids is 2. The molecule has 1 heterocycles.